The number of piperazine rings is 1. The molecule has 0 spiro atoms. The minimum absolute atomic E-state index is 0.101. The van der Waals surface area contributed by atoms with Gasteiger partial charge in [0.05, 0.1) is 4.90 Å². The maximum Gasteiger partial charge on any atom is 0.254 e. The van der Waals surface area contributed by atoms with Gasteiger partial charge in [0.15, 0.2) is 0 Å². The van der Waals surface area contributed by atoms with Crippen molar-refractivity contribution in [1.29, 1.82) is 0 Å². The number of amides is 1. The van der Waals surface area contributed by atoms with Crippen molar-refractivity contribution in [2.75, 3.05) is 31.1 Å². The molecular formula is C20H26N4O3S. The smallest absolute Gasteiger partial charge is 0.254 e. The van der Waals surface area contributed by atoms with Gasteiger partial charge in [0.2, 0.25) is 10.0 Å². The quantitative estimate of drug-likeness (QED) is 0.847. The molecule has 0 saturated carbocycles. The van der Waals surface area contributed by atoms with E-state index in [2.05, 4.69) is 14.6 Å². The molecule has 1 N–H and O–H groups in total. The van der Waals surface area contributed by atoms with Crippen LogP contribution in [0.25, 0.3) is 0 Å². The van der Waals surface area contributed by atoms with Crippen LogP contribution < -0.4 is 9.62 Å². The molecule has 3 rings (SSSR count). The number of carbonyl (C=O) groups excluding carboxylic acids is 1. The highest BCUT2D eigenvalue weighted by Gasteiger charge is 2.25. The third-order valence-electron chi connectivity index (χ3n) is 4.43. The maximum atomic E-state index is 12.9. The number of aromatic nitrogens is 1. The first kappa shape index (κ1) is 20.3. The zero-order valence-corrected chi connectivity index (χ0v) is 17.2. The summed E-state index contributed by atoms with van der Waals surface area (Å²) < 4.78 is 27.7. The van der Waals surface area contributed by atoms with Gasteiger partial charge in [-0.15, -0.1) is 0 Å². The number of rotatable bonds is 4. The Bertz CT molecular complexity index is 931. The molecule has 1 amide bonds. The van der Waals surface area contributed by atoms with Crippen molar-refractivity contribution in [3.05, 3.63) is 54.4 Å². The van der Waals surface area contributed by atoms with E-state index in [9.17, 15) is 13.2 Å². The van der Waals surface area contributed by atoms with Crippen molar-refractivity contribution < 1.29 is 13.2 Å². The SMILES string of the molecule is CC(C)(C)NS(=O)(=O)c1cccc(C(=O)N2CCN(c3ccncc3)CC2)c1. The normalized spacial score (nSPS) is 15.5. The number of nitrogens with zero attached hydrogens (tertiary/aromatic N) is 3. The van der Waals surface area contributed by atoms with Gasteiger partial charge in [-0.25, -0.2) is 13.1 Å². The third kappa shape index (κ3) is 4.88. The molecule has 1 aliphatic heterocycles. The van der Waals surface area contributed by atoms with Crippen LogP contribution >= 0.6 is 0 Å². The summed E-state index contributed by atoms with van der Waals surface area (Å²) in [6.07, 6.45) is 3.51. The van der Waals surface area contributed by atoms with Crippen LogP contribution in [0.2, 0.25) is 0 Å². The average Bonchev–Trinajstić information content (AvgIpc) is 2.66. The Hall–Kier alpha value is -2.45. The number of hydrogen-bond acceptors (Lipinski definition) is 5. The van der Waals surface area contributed by atoms with Gasteiger partial charge in [-0.05, 0) is 51.1 Å². The van der Waals surface area contributed by atoms with Gasteiger partial charge in [0.25, 0.3) is 5.91 Å². The Labute approximate surface area is 166 Å². The lowest BCUT2D eigenvalue weighted by atomic mass is 10.1. The van der Waals surface area contributed by atoms with Crippen LogP contribution in [0, 0.1) is 0 Å². The van der Waals surface area contributed by atoms with Crippen molar-refractivity contribution in [1.82, 2.24) is 14.6 Å². The molecule has 2 aromatic rings. The van der Waals surface area contributed by atoms with Crippen LogP contribution in [0.4, 0.5) is 5.69 Å². The Morgan fingerprint density at radius 2 is 1.68 bits per heavy atom. The molecule has 1 saturated heterocycles. The molecular weight excluding hydrogens is 376 g/mol. The van der Waals surface area contributed by atoms with E-state index in [1.165, 1.54) is 12.1 Å². The molecule has 7 nitrogen and oxygen atoms in total. The van der Waals surface area contributed by atoms with E-state index >= 15 is 0 Å². The standard InChI is InChI=1S/C20H26N4O3S/c1-20(2,3)22-28(26,27)18-6-4-5-16(15-18)19(25)24-13-11-23(12-14-24)17-7-9-21-10-8-17/h4-10,15,22H,11-14H2,1-3H3. The molecule has 0 aliphatic carbocycles. The Morgan fingerprint density at radius 3 is 2.29 bits per heavy atom. The molecule has 0 bridgehead atoms. The van der Waals surface area contributed by atoms with Crippen LogP contribution in [-0.2, 0) is 10.0 Å². The van der Waals surface area contributed by atoms with E-state index in [0.29, 0.717) is 18.7 Å². The maximum absolute atomic E-state index is 12.9. The predicted molar refractivity (Wildman–Crippen MR) is 109 cm³/mol. The average molecular weight is 403 g/mol. The zero-order chi connectivity index (χ0) is 20.4. The largest absolute Gasteiger partial charge is 0.368 e. The van der Waals surface area contributed by atoms with Crippen LogP contribution in [0.5, 0.6) is 0 Å². The van der Waals surface area contributed by atoms with Gasteiger partial charge in [-0.3, -0.25) is 9.78 Å². The van der Waals surface area contributed by atoms with E-state index < -0.39 is 15.6 Å². The molecule has 0 atom stereocenters. The minimum atomic E-state index is -3.68. The third-order valence-corrected chi connectivity index (χ3v) is 6.18. The number of hydrogen-bond donors (Lipinski definition) is 1. The Balaban J connectivity index is 1.70. The fourth-order valence-electron chi connectivity index (χ4n) is 3.16. The predicted octanol–water partition coefficient (Wildman–Crippen LogP) is 2.12. The second-order valence-electron chi connectivity index (χ2n) is 7.87. The lowest BCUT2D eigenvalue weighted by molar-refractivity contribution is 0.0746. The molecule has 1 aromatic carbocycles. The van der Waals surface area contributed by atoms with Crippen molar-refractivity contribution in [3.63, 3.8) is 0 Å². The molecule has 1 aromatic heterocycles. The number of carbonyl (C=O) groups is 1. The van der Waals surface area contributed by atoms with Crippen LogP contribution in [0.3, 0.4) is 0 Å². The number of nitrogens with one attached hydrogen (secondary N) is 1. The highest BCUT2D eigenvalue weighted by Crippen LogP contribution is 2.19. The fourth-order valence-corrected chi connectivity index (χ4v) is 4.63. The highest BCUT2D eigenvalue weighted by molar-refractivity contribution is 7.89. The van der Waals surface area contributed by atoms with E-state index in [1.54, 1.807) is 50.2 Å². The first-order chi connectivity index (χ1) is 13.2. The Morgan fingerprint density at radius 1 is 1.04 bits per heavy atom. The van der Waals surface area contributed by atoms with Crippen molar-refractivity contribution >= 4 is 21.6 Å². The summed E-state index contributed by atoms with van der Waals surface area (Å²) in [5.41, 5.74) is 0.875. The summed E-state index contributed by atoms with van der Waals surface area (Å²) in [4.78, 5) is 21.0. The van der Waals surface area contributed by atoms with E-state index in [-0.39, 0.29) is 10.8 Å². The zero-order valence-electron chi connectivity index (χ0n) is 16.4. The Kier molecular flexibility index (Phi) is 5.71. The van der Waals surface area contributed by atoms with Gasteiger partial charge in [0, 0.05) is 55.4 Å². The summed E-state index contributed by atoms with van der Waals surface area (Å²) in [5.74, 6) is -0.151. The molecule has 0 radical (unpaired) electrons. The van der Waals surface area contributed by atoms with E-state index in [0.717, 1.165) is 18.8 Å². The molecule has 0 unspecified atom stereocenters. The van der Waals surface area contributed by atoms with Crippen LogP contribution in [-0.4, -0.2) is 55.9 Å². The summed E-state index contributed by atoms with van der Waals surface area (Å²) in [5, 5.41) is 0. The van der Waals surface area contributed by atoms with Crippen LogP contribution in [0.1, 0.15) is 31.1 Å². The number of benzene rings is 1. The second kappa shape index (κ2) is 7.89. The summed E-state index contributed by atoms with van der Waals surface area (Å²) in [7, 11) is -3.68. The molecule has 8 heteroatoms. The van der Waals surface area contributed by atoms with Gasteiger partial charge in [-0.2, -0.15) is 0 Å². The number of pyridine rings is 1. The summed E-state index contributed by atoms with van der Waals surface area (Å²) in [6, 6.07) is 10.1. The fraction of sp³-hybridized carbons (Fsp3) is 0.400. The van der Waals surface area contributed by atoms with E-state index in [4.69, 9.17) is 0 Å². The lowest BCUT2D eigenvalue weighted by Gasteiger charge is -2.36. The molecule has 2 heterocycles. The number of anilines is 1. The van der Waals surface area contributed by atoms with Crippen molar-refractivity contribution in [3.8, 4) is 0 Å². The van der Waals surface area contributed by atoms with Crippen LogP contribution in [0.15, 0.2) is 53.7 Å². The summed E-state index contributed by atoms with van der Waals surface area (Å²) in [6.45, 7) is 7.95. The van der Waals surface area contributed by atoms with Crippen molar-refractivity contribution in [2.45, 2.75) is 31.2 Å². The second-order valence-corrected chi connectivity index (χ2v) is 9.55. The van der Waals surface area contributed by atoms with Gasteiger partial charge < -0.3 is 9.80 Å². The molecule has 1 fully saturated rings. The number of sulfonamides is 1. The molecule has 1 aliphatic rings. The molecule has 28 heavy (non-hydrogen) atoms. The lowest BCUT2D eigenvalue weighted by Crippen LogP contribution is -2.48. The topological polar surface area (TPSA) is 82.6 Å². The minimum Gasteiger partial charge on any atom is -0.368 e. The molecule has 150 valence electrons. The first-order valence-electron chi connectivity index (χ1n) is 9.24. The van der Waals surface area contributed by atoms with Gasteiger partial charge >= 0.3 is 0 Å². The van der Waals surface area contributed by atoms with Gasteiger partial charge in [-0.1, -0.05) is 6.07 Å². The first-order valence-corrected chi connectivity index (χ1v) is 10.7. The summed E-state index contributed by atoms with van der Waals surface area (Å²) >= 11 is 0. The van der Waals surface area contributed by atoms with E-state index in [1.807, 2.05) is 12.1 Å². The van der Waals surface area contributed by atoms with Gasteiger partial charge in [0.1, 0.15) is 0 Å². The highest BCUT2D eigenvalue weighted by atomic mass is 32.2. The van der Waals surface area contributed by atoms with Crippen molar-refractivity contribution in [2.24, 2.45) is 0 Å². The monoisotopic (exact) mass is 402 g/mol.